The molecule has 0 aliphatic rings. The minimum Gasteiger partial charge on any atom is -0.494 e. The molecule has 1 atom stereocenters. The van der Waals surface area contributed by atoms with Crippen molar-refractivity contribution in [3.05, 3.63) is 58.1 Å². The van der Waals surface area contributed by atoms with E-state index in [4.69, 9.17) is 4.74 Å². The molecule has 1 N–H and O–H groups in total. The quantitative estimate of drug-likeness (QED) is 0.626. The highest BCUT2D eigenvalue weighted by molar-refractivity contribution is 7.89. The van der Waals surface area contributed by atoms with Crippen LogP contribution in [0.2, 0.25) is 0 Å². The number of carbonyl (C=O) groups is 1. The predicted octanol–water partition coefficient (Wildman–Crippen LogP) is 4.21. The van der Waals surface area contributed by atoms with Gasteiger partial charge in [-0.25, -0.2) is 8.42 Å². The van der Waals surface area contributed by atoms with Gasteiger partial charge in [-0.1, -0.05) is 19.1 Å². The zero-order valence-electron chi connectivity index (χ0n) is 19.6. The largest absolute Gasteiger partial charge is 0.494 e. The number of nitrogens with zero attached hydrogens (tertiary/aromatic N) is 1. The molecule has 6 nitrogen and oxygen atoms in total. The second-order valence-electron chi connectivity index (χ2n) is 7.87. The fourth-order valence-electron chi connectivity index (χ4n) is 3.59. The molecular weight excluding hydrogens is 412 g/mol. The Morgan fingerprint density at radius 1 is 1.00 bits per heavy atom. The molecule has 0 unspecified atom stereocenters. The minimum absolute atomic E-state index is 0.154. The Morgan fingerprint density at radius 2 is 1.65 bits per heavy atom. The molecule has 0 heterocycles. The van der Waals surface area contributed by atoms with Crippen LogP contribution < -0.4 is 10.1 Å². The van der Waals surface area contributed by atoms with Crippen LogP contribution in [-0.4, -0.2) is 38.3 Å². The lowest BCUT2D eigenvalue weighted by molar-refractivity contribution is -0.121. The van der Waals surface area contributed by atoms with Gasteiger partial charge in [0.25, 0.3) is 0 Å². The van der Waals surface area contributed by atoms with Gasteiger partial charge in [0.05, 0.1) is 24.1 Å². The van der Waals surface area contributed by atoms with Gasteiger partial charge in [-0.3, -0.25) is 4.79 Å². The normalized spacial score (nSPS) is 12.6. The van der Waals surface area contributed by atoms with E-state index < -0.39 is 10.0 Å². The van der Waals surface area contributed by atoms with Gasteiger partial charge in [-0.2, -0.15) is 4.31 Å². The summed E-state index contributed by atoms with van der Waals surface area (Å²) in [5.41, 5.74) is 5.23. The smallest absolute Gasteiger partial charge is 0.243 e. The molecule has 2 aromatic carbocycles. The van der Waals surface area contributed by atoms with Crippen LogP contribution in [0.1, 0.15) is 54.6 Å². The van der Waals surface area contributed by atoms with Gasteiger partial charge in [0, 0.05) is 6.54 Å². The van der Waals surface area contributed by atoms with Crippen LogP contribution in [0, 0.1) is 27.7 Å². The third-order valence-corrected chi connectivity index (χ3v) is 7.40. The number of aryl methyl sites for hydroxylation is 4. The second kappa shape index (κ2) is 10.3. The molecule has 0 saturated heterocycles. The Labute approximate surface area is 186 Å². The molecule has 2 aromatic rings. The standard InChI is InChI=1S/C24H34N2O4S/c1-8-26(31(28,29)21-10-11-23(30-9-2)19(6)13-21)15-24(27)25-20(7)22-14-17(4)16(3)12-18(22)5/h10-14,20H,8-9,15H2,1-7H3,(H,25,27)/t20-/m0/s1. The molecule has 0 aromatic heterocycles. The van der Waals surface area contributed by atoms with E-state index in [-0.39, 0.29) is 29.9 Å². The Morgan fingerprint density at radius 3 is 2.23 bits per heavy atom. The van der Waals surface area contributed by atoms with E-state index in [2.05, 4.69) is 24.4 Å². The molecule has 170 valence electrons. The van der Waals surface area contributed by atoms with Gasteiger partial charge in [-0.05, 0) is 87.6 Å². The number of hydrogen-bond donors (Lipinski definition) is 1. The Balaban J connectivity index is 2.17. The maximum atomic E-state index is 13.1. The zero-order chi connectivity index (χ0) is 23.3. The summed E-state index contributed by atoms with van der Waals surface area (Å²) >= 11 is 0. The molecule has 0 fully saturated rings. The van der Waals surface area contributed by atoms with Crippen LogP contribution >= 0.6 is 0 Å². The van der Waals surface area contributed by atoms with E-state index in [0.29, 0.717) is 12.4 Å². The number of hydrogen-bond acceptors (Lipinski definition) is 4. The number of amides is 1. The first kappa shape index (κ1) is 24.9. The summed E-state index contributed by atoms with van der Waals surface area (Å²) < 4.78 is 32.9. The van der Waals surface area contributed by atoms with Crippen molar-refractivity contribution in [3.8, 4) is 5.75 Å². The number of benzene rings is 2. The van der Waals surface area contributed by atoms with Crippen molar-refractivity contribution in [1.82, 2.24) is 9.62 Å². The molecule has 0 spiro atoms. The SMILES string of the molecule is CCOc1ccc(S(=O)(=O)N(CC)CC(=O)N[C@@H](C)c2cc(C)c(C)cc2C)cc1C. The minimum atomic E-state index is -3.80. The number of ether oxygens (including phenoxy) is 1. The van der Waals surface area contributed by atoms with Crippen molar-refractivity contribution in [2.45, 2.75) is 59.4 Å². The Kier molecular flexibility index (Phi) is 8.26. The zero-order valence-corrected chi connectivity index (χ0v) is 20.4. The molecule has 0 bridgehead atoms. The van der Waals surface area contributed by atoms with Gasteiger partial charge in [-0.15, -0.1) is 0 Å². The average Bonchev–Trinajstić information content (AvgIpc) is 2.70. The molecule has 31 heavy (non-hydrogen) atoms. The third-order valence-electron chi connectivity index (χ3n) is 5.48. The first-order valence-electron chi connectivity index (χ1n) is 10.6. The molecule has 7 heteroatoms. The van der Waals surface area contributed by atoms with Crippen LogP contribution in [0.15, 0.2) is 35.2 Å². The van der Waals surface area contributed by atoms with Crippen LogP contribution in [0.25, 0.3) is 0 Å². The lowest BCUT2D eigenvalue weighted by Gasteiger charge is -2.23. The first-order valence-corrected chi connectivity index (χ1v) is 12.1. The van der Waals surface area contributed by atoms with Crippen LogP contribution in [0.4, 0.5) is 0 Å². The number of likely N-dealkylation sites (N-methyl/N-ethyl adjacent to an activating group) is 1. The highest BCUT2D eigenvalue weighted by Crippen LogP contribution is 2.25. The predicted molar refractivity (Wildman–Crippen MR) is 124 cm³/mol. The summed E-state index contributed by atoms with van der Waals surface area (Å²) in [5, 5.41) is 2.94. The molecule has 0 radical (unpaired) electrons. The average molecular weight is 447 g/mol. The van der Waals surface area contributed by atoms with Gasteiger partial charge >= 0.3 is 0 Å². The van der Waals surface area contributed by atoms with E-state index in [1.807, 2.05) is 27.7 Å². The molecule has 0 aliphatic heterocycles. The lowest BCUT2D eigenvalue weighted by Crippen LogP contribution is -2.41. The second-order valence-corrected chi connectivity index (χ2v) is 9.81. The van der Waals surface area contributed by atoms with E-state index in [1.54, 1.807) is 26.0 Å². The third kappa shape index (κ3) is 5.86. The number of carbonyl (C=O) groups excluding carboxylic acids is 1. The van der Waals surface area contributed by atoms with Crippen molar-refractivity contribution in [2.75, 3.05) is 19.7 Å². The maximum Gasteiger partial charge on any atom is 0.243 e. The molecule has 0 aliphatic carbocycles. The van der Waals surface area contributed by atoms with Crippen molar-refractivity contribution >= 4 is 15.9 Å². The van der Waals surface area contributed by atoms with Crippen molar-refractivity contribution in [3.63, 3.8) is 0 Å². The van der Waals surface area contributed by atoms with Crippen LogP contribution in [0.5, 0.6) is 5.75 Å². The number of rotatable bonds is 9. The van der Waals surface area contributed by atoms with Gasteiger partial charge < -0.3 is 10.1 Å². The summed E-state index contributed by atoms with van der Waals surface area (Å²) in [6.07, 6.45) is 0. The highest BCUT2D eigenvalue weighted by atomic mass is 32.2. The summed E-state index contributed by atoms with van der Waals surface area (Å²) in [5.74, 6) is 0.318. The lowest BCUT2D eigenvalue weighted by atomic mass is 9.96. The van der Waals surface area contributed by atoms with Crippen LogP contribution in [-0.2, 0) is 14.8 Å². The Hall–Kier alpha value is -2.38. The van der Waals surface area contributed by atoms with Gasteiger partial charge in [0.15, 0.2) is 0 Å². The molecule has 2 rings (SSSR count). The van der Waals surface area contributed by atoms with Crippen molar-refractivity contribution < 1.29 is 17.9 Å². The van der Waals surface area contributed by atoms with E-state index in [9.17, 15) is 13.2 Å². The van der Waals surface area contributed by atoms with Gasteiger partial charge in [0.2, 0.25) is 15.9 Å². The molecular formula is C24H34N2O4S. The van der Waals surface area contributed by atoms with Crippen molar-refractivity contribution in [1.29, 1.82) is 0 Å². The molecule has 1 amide bonds. The van der Waals surface area contributed by atoms with Crippen molar-refractivity contribution in [2.24, 2.45) is 0 Å². The van der Waals surface area contributed by atoms with E-state index in [0.717, 1.165) is 22.3 Å². The first-order chi connectivity index (χ1) is 14.5. The Bertz CT molecular complexity index is 1050. The maximum absolute atomic E-state index is 13.1. The molecule has 0 saturated carbocycles. The number of sulfonamides is 1. The summed E-state index contributed by atoms with van der Waals surface area (Å²) in [4.78, 5) is 12.9. The number of nitrogens with one attached hydrogen (secondary N) is 1. The monoisotopic (exact) mass is 446 g/mol. The summed E-state index contributed by atoms with van der Waals surface area (Å²) in [7, 11) is -3.80. The van der Waals surface area contributed by atoms with Gasteiger partial charge in [0.1, 0.15) is 5.75 Å². The van der Waals surface area contributed by atoms with E-state index >= 15 is 0 Å². The fourth-order valence-corrected chi connectivity index (χ4v) is 5.08. The fraction of sp³-hybridized carbons (Fsp3) is 0.458. The van der Waals surface area contributed by atoms with Crippen LogP contribution in [0.3, 0.4) is 0 Å². The highest BCUT2D eigenvalue weighted by Gasteiger charge is 2.26. The van der Waals surface area contributed by atoms with E-state index in [1.165, 1.54) is 15.9 Å². The summed E-state index contributed by atoms with van der Waals surface area (Å²) in [6.45, 7) is 13.9. The summed E-state index contributed by atoms with van der Waals surface area (Å²) in [6, 6.07) is 8.72. The topological polar surface area (TPSA) is 75.7 Å².